The van der Waals surface area contributed by atoms with Crippen LogP contribution in [0.3, 0.4) is 0 Å². The van der Waals surface area contributed by atoms with Gasteiger partial charge in [0.05, 0.1) is 22.8 Å². The third-order valence-electron chi connectivity index (χ3n) is 6.18. The number of nitrogens with one attached hydrogen (secondary N) is 2. The lowest BCUT2D eigenvalue weighted by atomic mass is 10.0. The molecule has 2 N–H and O–H groups in total. The number of aromatic nitrogens is 4. The van der Waals surface area contributed by atoms with Gasteiger partial charge in [0.15, 0.2) is 5.13 Å². The van der Waals surface area contributed by atoms with Crippen molar-refractivity contribution in [3.63, 3.8) is 0 Å². The van der Waals surface area contributed by atoms with E-state index in [4.69, 9.17) is 4.74 Å². The zero-order valence-corrected chi connectivity index (χ0v) is 20.3. The molecule has 0 unspecified atom stereocenters. The van der Waals surface area contributed by atoms with E-state index in [9.17, 15) is 9.59 Å². The van der Waals surface area contributed by atoms with Crippen LogP contribution in [-0.2, 0) is 6.54 Å². The maximum Gasteiger partial charge on any atom is 0.258 e. The molecule has 36 heavy (non-hydrogen) atoms. The Hall–Kier alpha value is -4.50. The Morgan fingerprint density at radius 3 is 2.83 bits per heavy atom. The molecule has 2 aromatic carbocycles. The van der Waals surface area contributed by atoms with E-state index in [2.05, 4.69) is 20.3 Å². The summed E-state index contributed by atoms with van der Waals surface area (Å²) in [4.78, 5) is 38.9. The first-order valence-electron chi connectivity index (χ1n) is 11.4. The Morgan fingerprint density at radius 1 is 1.17 bits per heavy atom. The fourth-order valence-electron chi connectivity index (χ4n) is 4.49. The first-order chi connectivity index (χ1) is 17.6. The molecule has 4 heterocycles. The summed E-state index contributed by atoms with van der Waals surface area (Å²) in [6.07, 6.45) is 3.57. The standard InChI is InChI=1S/C27H21N5O3S/c1-3-32-23-17(14-29-24-19(23)8-9-28-24)13-20(26(32)34)15-10-16(12-18(11-15)35-2)25(33)31-27-30-21-6-4-5-7-22(21)36-27/h4-14H,3H2,1-2H3,(H,28,29)(H,30,31,33). The SMILES string of the molecule is CCn1c(=O)c(-c2cc(OC)cc(C(=O)Nc3nc4ccccc4s3)c2)cc2cnc3[nH]ccc3c21. The van der Waals surface area contributed by atoms with Crippen LogP contribution in [0.2, 0.25) is 0 Å². The number of aryl methyl sites for hydroxylation is 1. The Bertz CT molecular complexity index is 1820. The van der Waals surface area contributed by atoms with Gasteiger partial charge in [-0.1, -0.05) is 23.5 Å². The number of ether oxygens (including phenoxy) is 1. The first kappa shape index (κ1) is 22.0. The van der Waals surface area contributed by atoms with Crippen molar-refractivity contribution in [2.75, 3.05) is 12.4 Å². The molecular weight excluding hydrogens is 474 g/mol. The highest BCUT2D eigenvalue weighted by Crippen LogP contribution is 2.30. The molecule has 0 atom stereocenters. The summed E-state index contributed by atoms with van der Waals surface area (Å²) in [6.45, 7) is 2.42. The molecule has 6 aromatic rings. The number of carbonyl (C=O) groups is 1. The number of aromatic amines is 1. The fraction of sp³-hybridized carbons (Fsp3) is 0.111. The fourth-order valence-corrected chi connectivity index (χ4v) is 5.35. The molecule has 0 saturated carbocycles. The highest BCUT2D eigenvalue weighted by atomic mass is 32.1. The molecule has 0 aliphatic heterocycles. The topological polar surface area (TPSA) is 102 Å². The second kappa shape index (κ2) is 8.62. The van der Waals surface area contributed by atoms with Crippen LogP contribution in [0.4, 0.5) is 5.13 Å². The monoisotopic (exact) mass is 495 g/mol. The molecule has 9 heteroatoms. The van der Waals surface area contributed by atoms with Crippen molar-refractivity contribution >= 4 is 54.5 Å². The summed E-state index contributed by atoms with van der Waals surface area (Å²) in [5.41, 5.74) is 3.66. The van der Waals surface area contributed by atoms with E-state index >= 15 is 0 Å². The highest BCUT2D eigenvalue weighted by Gasteiger charge is 2.17. The summed E-state index contributed by atoms with van der Waals surface area (Å²) >= 11 is 1.40. The Morgan fingerprint density at radius 2 is 2.03 bits per heavy atom. The number of nitrogens with zero attached hydrogens (tertiary/aromatic N) is 3. The predicted molar refractivity (Wildman–Crippen MR) is 143 cm³/mol. The summed E-state index contributed by atoms with van der Waals surface area (Å²) < 4.78 is 8.20. The number of benzene rings is 2. The largest absolute Gasteiger partial charge is 0.497 e. The van der Waals surface area contributed by atoms with E-state index in [0.29, 0.717) is 34.1 Å². The number of para-hydroxylation sites is 1. The molecule has 0 aliphatic rings. The average molecular weight is 496 g/mol. The molecular formula is C27H21N5O3S. The summed E-state index contributed by atoms with van der Waals surface area (Å²) in [7, 11) is 1.53. The molecule has 0 radical (unpaired) electrons. The van der Waals surface area contributed by atoms with E-state index in [1.807, 2.05) is 49.5 Å². The van der Waals surface area contributed by atoms with E-state index in [-0.39, 0.29) is 11.5 Å². The Labute approximate surface area is 209 Å². The minimum Gasteiger partial charge on any atom is -0.497 e. The van der Waals surface area contributed by atoms with Gasteiger partial charge >= 0.3 is 0 Å². The predicted octanol–water partition coefficient (Wildman–Crippen LogP) is 5.44. The third-order valence-corrected chi connectivity index (χ3v) is 7.13. The zero-order valence-electron chi connectivity index (χ0n) is 19.5. The van der Waals surface area contributed by atoms with Gasteiger partial charge in [-0.25, -0.2) is 9.97 Å². The number of methoxy groups -OCH3 is 1. The second-order valence-electron chi connectivity index (χ2n) is 8.30. The number of hydrogen-bond donors (Lipinski definition) is 2. The van der Waals surface area contributed by atoms with Gasteiger partial charge in [-0.2, -0.15) is 0 Å². The number of hydrogen-bond acceptors (Lipinski definition) is 6. The number of anilines is 1. The second-order valence-corrected chi connectivity index (χ2v) is 9.33. The van der Waals surface area contributed by atoms with Crippen LogP contribution in [0.25, 0.3) is 43.3 Å². The minimum absolute atomic E-state index is 0.149. The van der Waals surface area contributed by atoms with E-state index in [1.54, 1.807) is 29.0 Å². The lowest BCUT2D eigenvalue weighted by Gasteiger charge is -2.14. The number of thiazole rings is 1. The van der Waals surface area contributed by atoms with Crippen LogP contribution >= 0.6 is 11.3 Å². The molecule has 178 valence electrons. The lowest BCUT2D eigenvalue weighted by Crippen LogP contribution is -2.22. The molecule has 0 fully saturated rings. The van der Waals surface area contributed by atoms with Crippen molar-refractivity contribution in [3.05, 3.63) is 82.9 Å². The van der Waals surface area contributed by atoms with Crippen LogP contribution in [0.15, 0.2) is 71.8 Å². The van der Waals surface area contributed by atoms with Gasteiger partial charge < -0.3 is 14.3 Å². The van der Waals surface area contributed by atoms with Crippen molar-refractivity contribution in [3.8, 4) is 16.9 Å². The van der Waals surface area contributed by atoms with Crippen molar-refractivity contribution in [1.82, 2.24) is 19.5 Å². The number of carbonyl (C=O) groups excluding carboxylic acids is 1. The number of pyridine rings is 2. The zero-order chi connectivity index (χ0) is 24.8. The quantitative estimate of drug-likeness (QED) is 0.332. The van der Waals surface area contributed by atoms with Gasteiger partial charge in [0, 0.05) is 40.8 Å². The van der Waals surface area contributed by atoms with Gasteiger partial charge in [-0.05, 0) is 55.0 Å². The molecule has 0 bridgehead atoms. The number of amides is 1. The molecule has 0 aliphatic carbocycles. The van der Waals surface area contributed by atoms with Gasteiger partial charge in [-0.3, -0.25) is 14.9 Å². The molecule has 6 rings (SSSR count). The smallest absolute Gasteiger partial charge is 0.258 e. The Balaban J connectivity index is 1.46. The molecule has 4 aromatic heterocycles. The van der Waals surface area contributed by atoms with Crippen molar-refractivity contribution < 1.29 is 9.53 Å². The van der Waals surface area contributed by atoms with Crippen molar-refractivity contribution in [2.45, 2.75) is 13.5 Å². The third kappa shape index (κ3) is 3.61. The molecule has 8 nitrogen and oxygen atoms in total. The summed E-state index contributed by atoms with van der Waals surface area (Å²) in [5.74, 6) is 0.144. The van der Waals surface area contributed by atoms with E-state index in [1.165, 1.54) is 18.4 Å². The average Bonchev–Trinajstić information content (AvgIpc) is 3.54. The molecule has 0 spiro atoms. The van der Waals surface area contributed by atoms with Gasteiger partial charge in [0.25, 0.3) is 11.5 Å². The van der Waals surface area contributed by atoms with Gasteiger partial charge in [-0.15, -0.1) is 0 Å². The number of H-pyrrole nitrogens is 1. The normalized spacial score (nSPS) is 11.4. The van der Waals surface area contributed by atoms with Gasteiger partial charge in [0.2, 0.25) is 0 Å². The lowest BCUT2D eigenvalue weighted by molar-refractivity contribution is 0.102. The van der Waals surface area contributed by atoms with Crippen LogP contribution in [0.5, 0.6) is 5.75 Å². The summed E-state index contributed by atoms with van der Waals surface area (Å²) in [6, 6.07) is 16.6. The van der Waals surface area contributed by atoms with Crippen LogP contribution in [0, 0.1) is 0 Å². The van der Waals surface area contributed by atoms with E-state index < -0.39 is 0 Å². The van der Waals surface area contributed by atoms with Crippen LogP contribution < -0.4 is 15.6 Å². The minimum atomic E-state index is -0.332. The molecule has 1 amide bonds. The number of fused-ring (bicyclic) bond motifs is 4. The maximum absolute atomic E-state index is 13.6. The van der Waals surface area contributed by atoms with Crippen molar-refractivity contribution in [2.24, 2.45) is 0 Å². The molecule has 0 saturated heterocycles. The van der Waals surface area contributed by atoms with Gasteiger partial charge in [0.1, 0.15) is 11.4 Å². The highest BCUT2D eigenvalue weighted by molar-refractivity contribution is 7.22. The Kier molecular flexibility index (Phi) is 5.26. The van der Waals surface area contributed by atoms with Crippen molar-refractivity contribution in [1.29, 1.82) is 0 Å². The maximum atomic E-state index is 13.6. The number of rotatable bonds is 5. The first-order valence-corrected chi connectivity index (χ1v) is 12.2. The van der Waals surface area contributed by atoms with Crippen LogP contribution in [-0.4, -0.2) is 32.5 Å². The summed E-state index contributed by atoms with van der Waals surface area (Å²) in [5, 5.41) is 5.11. The van der Waals surface area contributed by atoms with Crippen LogP contribution in [0.1, 0.15) is 17.3 Å². The van der Waals surface area contributed by atoms with E-state index in [0.717, 1.165) is 32.2 Å².